The van der Waals surface area contributed by atoms with Crippen LogP contribution in [0.5, 0.6) is 0 Å². The lowest BCUT2D eigenvalue weighted by molar-refractivity contribution is 0.186. The van der Waals surface area contributed by atoms with E-state index in [0.717, 1.165) is 12.2 Å². The van der Waals surface area contributed by atoms with Crippen LogP contribution < -0.4 is 10.6 Å². The summed E-state index contributed by atoms with van der Waals surface area (Å²) in [7, 11) is -3.22. The Balaban J connectivity index is 2.06. The lowest BCUT2D eigenvalue weighted by Crippen LogP contribution is -2.29. The van der Waals surface area contributed by atoms with E-state index in [1.807, 2.05) is 6.07 Å². The normalized spacial score (nSPS) is 26.5. The highest BCUT2D eigenvalue weighted by Gasteiger charge is 2.32. The molecule has 2 atom stereocenters. The first kappa shape index (κ1) is 11.8. The van der Waals surface area contributed by atoms with Crippen molar-refractivity contribution in [1.82, 2.24) is 0 Å². The minimum absolute atomic E-state index is 0.258. The van der Waals surface area contributed by atoms with Crippen LogP contribution in [0.25, 0.3) is 0 Å². The van der Waals surface area contributed by atoms with Crippen LogP contribution in [0.1, 0.15) is 0 Å². The van der Waals surface area contributed by atoms with E-state index in [9.17, 15) is 8.42 Å². The predicted molar refractivity (Wildman–Crippen MR) is 69.8 cm³/mol. The maximum Gasteiger partial charge on any atom is 0.177 e. The number of hydrogen-bond donors (Lipinski definition) is 2. The van der Waals surface area contributed by atoms with Crippen molar-refractivity contribution in [2.45, 2.75) is 10.9 Å². The third kappa shape index (κ3) is 1.95. The molecule has 6 heteroatoms. The Morgan fingerprint density at radius 3 is 2.94 bits per heavy atom. The summed E-state index contributed by atoms with van der Waals surface area (Å²) < 4.78 is 29.0. The molecule has 2 aliphatic rings. The Bertz CT molecular complexity index is 571. The molecule has 2 heterocycles. The van der Waals surface area contributed by atoms with Crippen LogP contribution in [0.4, 0.5) is 11.4 Å². The summed E-state index contributed by atoms with van der Waals surface area (Å²) in [5, 5.41) is 6.63. The Labute approximate surface area is 106 Å². The summed E-state index contributed by atoms with van der Waals surface area (Å²) in [6.45, 7) is 2.12. The second-order valence-electron chi connectivity index (χ2n) is 4.88. The number of benzene rings is 1. The second-order valence-corrected chi connectivity index (χ2v) is 6.86. The number of para-hydroxylation sites is 1. The molecule has 1 fully saturated rings. The third-order valence-electron chi connectivity index (χ3n) is 3.51. The number of sulfone groups is 1. The van der Waals surface area contributed by atoms with E-state index in [1.54, 1.807) is 12.1 Å². The molecule has 0 radical (unpaired) electrons. The molecule has 0 amide bonds. The lowest BCUT2D eigenvalue weighted by atomic mass is 10.0. The molecule has 2 aliphatic heterocycles. The van der Waals surface area contributed by atoms with E-state index in [0.29, 0.717) is 29.7 Å². The van der Waals surface area contributed by atoms with Crippen LogP contribution in [-0.4, -0.2) is 40.5 Å². The van der Waals surface area contributed by atoms with Gasteiger partial charge in [-0.1, -0.05) is 6.07 Å². The molecule has 2 N–H and O–H groups in total. The molecule has 3 rings (SSSR count). The number of nitrogens with one attached hydrogen (secondary N) is 2. The van der Waals surface area contributed by atoms with Gasteiger partial charge in [-0.3, -0.25) is 0 Å². The van der Waals surface area contributed by atoms with E-state index in [2.05, 4.69) is 10.6 Å². The molecule has 18 heavy (non-hydrogen) atoms. The van der Waals surface area contributed by atoms with Gasteiger partial charge in [0.05, 0.1) is 35.5 Å². The van der Waals surface area contributed by atoms with E-state index in [1.165, 1.54) is 6.26 Å². The maximum atomic E-state index is 11.8. The minimum atomic E-state index is -3.22. The summed E-state index contributed by atoms with van der Waals surface area (Å²) in [5.74, 6) is 0.379. The van der Waals surface area contributed by atoms with Gasteiger partial charge in [0.15, 0.2) is 9.84 Å². The molecule has 0 aromatic heterocycles. The minimum Gasteiger partial charge on any atom is -0.382 e. The quantitative estimate of drug-likeness (QED) is 0.793. The molecule has 0 aliphatic carbocycles. The number of rotatable bonds is 1. The molecule has 1 aromatic carbocycles. The van der Waals surface area contributed by atoms with Gasteiger partial charge in [-0.05, 0) is 12.1 Å². The Morgan fingerprint density at radius 2 is 2.17 bits per heavy atom. The Hall–Kier alpha value is -1.27. The van der Waals surface area contributed by atoms with Crippen LogP contribution in [0, 0.1) is 5.92 Å². The molecule has 1 aromatic rings. The maximum absolute atomic E-state index is 11.8. The molecule has 5 nitrogen and oxygen atoms in total. The topological polar surface area (TPSA) is 67.4 Å². The average molecular weight is 268 g/mol. The van der Waals surface area contributed by atoms with Gasteiger partial charge in [-0.2, -0.15) is 0 Å². The first-order valence-corrected chi connectivity index (χ1v) is 7.86. The third-order valence-corrected chi connectivity index (χ3v) is 4.65. The standard InChI is InChI=1S/C12H16N2O3S/c1-18(15,16)11-4-2-3-9-12(11)13-5-8-6-17-7-10(8)14-9/h2-4,8,10,13-14H,5-7H2,1H3. The number of ether oxygens (including phenoxy) is 1. The first-order chi connectivity index (χ1) is 8.55. The Kier molecular flexibility index (Phi) is 2.71. The average Bonchev–Trinajstić information content (AvgIpc) is 2.66. The van der Waals surface area contributed by atoms with Crippen LogP contribution in [0.2, 0.25) is 0 Å². The van der Waals surface area contributed by atoms with E-state index >= 15 is 0 Å². The summed E-state index contributed by atoms with van der Waals surface area (Å²) >= 11 is 0. The molecule has 98 valence electrons. The molecule has 2 unspecified atom stereocenters. The molecule has 1 saturated heterocycles. The number of hydrogen-bond acceptors (Lipinski definition) is 5. The van der Waals surface area contributed by atoms with Gasteiger partial charge < -0.3 is 15.4 Å². The van der Waals surface area contributed by atoms with Gasteiger partial charge in [0.25, 0.3) is 0 Å². The van der Waals surface area contributed by atoms with Crippen molar-refractivity contribution in [3.8, 4) is 0 Å². The van der Waals surface area contributed by atoms with Crippen molar-refractivity contribution < 1.29 is 13.2 Å². The van der Waals surface area contributed by atoms with E-state index in [-0.39, 0.29) is 6.04 Å². The fraction of sp³-hybridized carbons (Fsp3) is 0.500. The van der Waals surface area contributed by atoms with Crippen LogP contribution >= 0.6 is 0 Å². The SMILES string of the molecule is CS(=O)(=O)c1cccc2c1NCC1COCC1N2. The van der Waals surface area contributed by atoms with E-state index in [4.69, 9.17) is 4.74 Å². The zero-order valence-electron chi connectivity index (χ0n) is 10.1. The zero-order valence-corrected chi connectivity index (χ0v) is 11.0. The van der Waals surface area contributed by atoms with Gasteiger partial charge in [-0.25, -0.2) is 8.42 Å². The largest absolute Gasteiger partial charge is 0.382 e. The fourth-order valence-corrected chi connectivity index (χ4v) is 3.41. The van der Waals surface area contributed by atoms with Crippen molar-refractivity contribution in [2.24, 2.45) is 5.92 Å². The van der Waals surface area contributed by atoms with Crippen molar-refractivity contribution >= 4 is 21.2 Å². The zero-order chi connectivity index (χ0) is 12.8. The fourth-order valence-electron chi connectivity index (χ4n) is 2.53. The lowest BCUT2D eigenvalue weighted by Gasteiger charge is -2.15. The van der Waals surface area contributed by atoms with Gasteiger partial charge >= 0.3 is 0 Å². The van der Waals surface area contributed by atoms with Crippen molar-refractivity contribution in [3.05, 3.63) is 18.2 Å². The van der Waals surface area contributed by atoms with Crippen LogP contribution in [0.15, 0.2) is 23.1 Å². The molecule has 0 spiro atoms. The highest BCUT2D eigenvalue weighted by molar-refractivity contribution is 7.90. The molecule has 0 bridgehead atoms. The second kappa shape index (κ2) is 4.13. The van der Waals surface area contributed by atoms with Crippen molar-refractivity contribution in [3.63, 3.8) is 0 Å². The van der Waals surface area contributed by atoms with E-state index < -0.39 is 9.84 Å². The van der Waals surface area contributed by atoms with Crippen molar-refractivity contribution in [2.75, 3.05) is 36.6 Å². The summed E-state index contributed by atoms with van der Waals surface area (Å²) in [6.07, 6.45) is 1.24. The van der Waals surface area contributed by atoms with Gasteiger partial charge in [-0.15, -0.1) is 0 Å². The smallest absolute Gasteiger partial charge is 0.177 e. The Morgan fingerprint density at radius 1 is 1.33 bits per heavy atom. The highest BCUT2D eigenvalue weighted by atomic mass is 32.2. The highest BCUT2D eigenvalue weighted by Crippen LogP contribution is 2.34. The number of fused-ring (bicyclic) bond motifs is 2. The molecular formula is C12H16N2O3S. The predicted octanol–water partition coefficient (Wildman–Crippen LogP) is 0.942. The van der Waals surface area contributed by atoms with Gasteiger partial charge in [0, 0.05) is 18.7 Å². The first-order valence-electron chi connectivity index (χ1n) is 5.97. The molecule has 0 saturated carbocycles. The van der Waals surface area contributed by atoms with Gasteiger partial charge in [0.1, 0.15) is 0 Å². The monoisotopic (exact) mass is 268 g/mol. The van der Waals surface area contributed by atoms with Gasteiger partial charge in [0.2, 0.25) is 0 Å². The number of anilines is 2. The summed E-state index contributed by atoms with van der Waals surface area (Å²) in [5.41, 5.74) is 1.53. The molecular weight excluding hydrogens is 252 g/mol. The summed E-state index contributed by atoms with van der Waals surface area (Å²) in [4.78, 5) is 0.355. The van der Waals surface area contributed by atoms with Crippen molar-refractivity contribution in [1.29, 1.82) is 0 Å². The van der Waals surface area contributed by atoms with Crippen LogP contribution in [0.3, 0.4) is 0 Å². The summed E-state index contributed by atoms with van der Waals surface area (Å²) in [6, 6.07) is 5.56. The van der Waals surface area contributed by atoms with Crippen LogP contribution in [-0.2, 0) is 14.6 Å².